The molecule has 0 amide bonds. The minimum absolute atomic E-state index is 0.222. The fourth-order valence-electron chi connectivity index (χ4n) is 0.501. The Morgan fingerprint density at radius 1 is 1.30 bits per heavy atom. The zero-order chi connectivity index (χ0) is 13.0. The summed E-state index contributed by atoms with van der Waals surface area (Å²) in [5.74, 6) is 0. The van der Waals surface area contributed by atoms with Gasteiger partial charge < -0.3 is 16.8 Å². The first kappa shape index (κ1) is 3.52. The van der Waals surface area contributed by atoms with E-state index in [1.165, 1.54) is 0 Å². The summed E-state index contributed by atoms with van der Waals surface area (Å²) in [5.41, 5.74) is 10.2. The van der Waals surface area contributed by atoms with Gasteiger partial charge in [0, 0.05) is 8.22 Å². The van der Waals surface area contributed by atoms with Crippen molar-refractivity contribution >= 4 is 0 Å². The second-order valence-electron chi connectivity index (χ2n) is 1.82. The Morgan fingerprint density at radius 3 is 2.70 bits per heavy atom. The molecule has 0 aromatic rings. The van der Waals surface area contributed by atoms with Crippen LogP contribution in [0.5, 0.6) is 0 Å². The smallest absolute Gasteiger partial charge is 0.0428 e. The van der Waals surface area contributed by atoms with E-state index in [4.69, 9.17) is 19.7 Å². The number of hydrogen-bond donors (Lipinski definition) is 3. The molecule has 0 aliphatic rings. The number of rotatable bonds is 7. The maximum atomic E-state index is 7.45. The highest BCUT2D eigenvalue weighted by Gasteiger charge is 1.85. The van der Waals surface area contributed by atoms with Crippen molar-refractivity contribution in [1.82, 2.24) is 5.32 Å². The lowest BCUT2D eigenvalue weighted by molar-refractivity contribution is 0.611. The van der Waals surface area contributed by atoms with Crippen LogP contribution >= 0.6 is 0 Å². The number of unbranched alkanes of at least 4 members (excludes halogenated alkanes) is 1. The van der Waals surface area contributed by atoms with Gasteiger partial charge in [0.05, 0.1) is 0 Å². The van der Waals surface area contributed by atoms with Gasteiger partial charge in [0.1, 0.15) is 0 Å². The summed E-state index contributed by atoms with van der Waals surface area (Å²) in [6, 6.07) is 0. The van der Waals surface area contributed by atoms with Gasteiger partial charge in [-0.1, -0.05) is 0 Å². The summed E-state index contributed by atoms with van der Waals surface area (Å²) < 4.78 is 43.8. The van der Waals surface area contributed by atoms with Gasteiger partial charge in [0.15, 0.2) is 0 Å². The highest BCUT2D eigenvalue weighted by Crippen LogP contribution is 1.81. The highest BCUT2D eigenvalue weighted by atomic mass is 14.8. The second kappa shape index (κ2) is 8.88. The quantitative estimate of drug-likeness (QED) is 0.436. The van der Waals surface area contributed by atoms with Gasteiger partial charge in [-0.15, -0.1) is 0 Å². The van der Waals surface area contributed by atoms with Gasteiger partial charge in [-0.3, -0.25) is 0 Å². The Bertz CT molecular complexity index is 215. The zero-order valence-electron chi connectivity index (χ0n) is 12.0. The zero-order valence-corrected chi connectivity index (χ0v) is 5.98. The Balaban J connectivity index is 4.41. The molecule has 0 aliphatic carbocycles. The fraction of sp³-hybridized carbons (Fsp3) is 1.00. The molecule has 10 heavy (non-hydrogen) atoms. The van der Waals surface area contributed by atoms with Crippen molar-refractivity contribution in [3.63, 3.8) is 0 Å². The van der Waals surface area contributed by atoms with E-state index in [2.05, 4.69) is 5.32 Å². The summed E-state index contributed by atoms with van der Waals surface area (Å²) in [6.07, 6.45) is -1.52. The monoisotopic (exact) mass is 151 g/mol. The molecule has 0 aromatic heterocycles. The second-order valence-corrected chi connectivity index (χ2v) is 1.82. The predicted octanol–water partition coefficient (Wildman–Crippen LogP) is -0.336. The predicted molar refractivity (Wildman–Crippen MR) is 44.8 cm³/mol. The molecule has 5 N–H and O–H groups in total. The van der Waals surface area contributed by atoms with E-state index >= 15 is 0 Å². The van der Waals surface area contributed by atoms with Crippen molar-refractivity contribution in [1.29, 1.82) is 0 Å². The molecule has 0 fully saturated rings. The summed E-state index contributed by atoms with van der Waals surface area (Å²) in [6.45, 7) is -4.58. The number of nitrogens with one attached hydrogen (secondary N) is 1. The van der Waals surface area contributed by atoms with Crippen LogP contribution in [0, 0.1) is 0 Å². The molecule has 0 saturated carbocycles. The molecule has 3 heteroatoms. The maximum absolute atomic E-state index is 7.45. The van der Waals surface area contributed by atoms with Crippen LogP contribution in [-0.4, -0.2) is 26.1 Å². The first-order valence-corrected chi connectivity index (χ1v) is 3.30. The van der Waals surface area contributed by atoms with Crippen molar-refractivity contribution in [2.45, 2.75) is 19.2 Å². The first-order chi connectivity index (χ1) is 7.06. The summed E-state index contributed by atoms with van der Waals surface area (Å²) in [7, 11) is 0. The van der Waals surface area contributed by atoms with Crippen LogP contribution in [0.3, 0.4) is 0 Å². The van der Waals surface area contributed by atoms with E-state index in [1.54, 1.807) is 0 Å². The fourth-order valence-corrected chi connectivity index (χ4v) is 0.501. The lowest BCUT2D eigenvalue weighted by Gasteiger charge is -2.01. The molecule has 0 aromatic carbocycles. The van der Waals surface area contributed by atoms with Crippen molar-refractivity contribution in [2.24, 2.45) is 11.5 Å². The third-order valence-corrected chi connectivity index (χ3v) is 0.979. The van der Waals surface area contributed by atoms with Crippen LogP contribution in [-0.2, 0) is 0 Å². The Kier molecular flexibility index (Phi) is 3.12. The van der Waals surface area contributed by atoms with Gasteiger partial charge in [-0.05, 0) is 45.3 Å². The average Bonchev–Trinajstić information content (AvgIpc) is 2.10. The summed E-state index contributed by atoms with van der Waals surface area (Å²) >= 11 is 0. The number of hydrogen-bond acceptors (Lipinski definition) is 3. The third-order valence-electron chi connectivity index (χ3n) is 0.979. The minimum Gasteiger partial charge on any atom is -0.330 e. The molecular weight excluding hydrogens is 126 g/mol. The first-order valence-electron chi connectivity index (χ1n) is 6.30. The molecule has 0 heterocycles. The summed E-state index contributed by atoms with van der Waals surface area (Å²) in [4.78, 5) is 0. The van der Waals surface area contributed by atoms with E-state index in [0.29, 0.717) is 19.4 Å². The average molecular weight is 151 g/mol. The van der Waals surface area contributed by atoms with Gasteiger partial charge in [0.2, 0.25) is 0 Å². The van der Waals surface area contributed by atoms with E-state index in [-0.39, 0.29) is 6.54 Å². The molecule has 62 valence electrons. The van der Waals surface area contributed by atoms with Crippen LogP contribution in [0.15, 0.2) is 0 Å². The largest absolute Gasteiger partial charge is 0.330 e. The molecule has 0 radical (unpaired) electrons. The topological polar surface area (TPSA) is 64.1 Å². The highest BCUT2D eigenvalue weighted by molar-refractivity contribution is 4.49. The molecule has 0 saturated heterocycles. The van der Waals surface area contributed by atoms with Crippen LogP contribution in [0.2, 0.25) is 0 Å². The molecule has 0 rings (SSSR count). The molecule has 0 bridgehead atoms. The van der Waals surface area contributed by atoms with Crippen molar-refractivity contribution < 1.29 is 8.22 Å². The molecule has 0 aliphatic heterocycles. The summed E-state index contributed by atoms with van der Waals surface area (Å²) in [5, 5.41) is 2.32. The Hall–Kier alpha value is -0.120. The molecule has 0 spiro atoms. The lowest BCUT2D eigenvalue weighted by Crippen LogP contribution is -2.19. The molecule has 0 atom stereocenters. The molecule has 0 unspecified atom stereocenters. The van der Waals surface area contributed by atoms with E-state index < -0.39 is 19.4 Å². The minimum atomic E-state index is -2.82. The third kappa shape index (κ3) is 7.88. The normalized spacial score (nSPS) is 23.4. The van der Waals surface area contributed by atoms with E-state index in [1.807, 2.05) is 0 Å². The van der Waals surface area contributed by atoms with E-state index in [0.717, 1.165) is 0 Å². The van der Waals surface area contributed by atoms with Crippen LogP contribution < -0.4 is 16.8 Å². The molecular formula is C7H19N3. The van der Waals surface area contributed by atoms with Crippen molar-refractivity contribution in [2.75, 3.05) is 26.1 Å². The van der Waals surface area contributed by atoms with Crippen molar-refractivity contribution in [3.05, 3.63) is 0 Å². The van der Waals surface area contributed by atoms with Gasteiger partial charge in [-0.2, -0.15) is 0 Å². The standard InChI is InChI=1S/C7H19N3/c8-4-1-2-6-10-7-3-5-9/h10H,1-9H2/i3D2,5D2,7D2. The maximum Gasteiger partial charge on any atom is 0.0428 e. The lowest BCUT2D eigenvalue weighted by atomic mass is 10.3. The SMILES string of the molecule is [2H]C([2H])(N)C([2H])([2H])C([2H])([2H])NCCCCN. The van der Waals surface area contributed by atoms with Crippen molar-refractivity contribution in [3.8, 4) is 0 Å². The van der Waals surface area contributed by atoms with Crippen LogP contribution in [0.4, 0.5) is 0 Å². The van der Waals surface area contributed by atoms with Crippen LogP contribution in [0.1, 0.15) is 27.4 Å². The molecule has 3 nitrogen and oxygen atoms in total. The Morgan fingerprint density at radius 2 is 2.10 bits per heavy atom. The van der Waals surface area contributed by atoms with Gasteiger partial charge >= 0.3 is 0 Å². The van der Waals surface area contributed by atoms with Gasteiger partial charge in [-0.25, -0.2) is 0 Å². The Labute approximate surface area is 71.6 Å². The number of nitrogens with two attached hydrogens (primary N) is 2. The van der Waals surface area contributed by atoms with Gasteiger partial charge in [0.25, 0.3) is 0 Å². The van der Waals surface area contributed by atoms with E-state index in [9.17, 15) is 0 Å². The van der Waals surface area contributed by atoms with Crippen LogP contribution in [0.25, 0.3) is 0 Å².